The molecular weight excluding hydrogens is 392 g/mol. The van der Waals surface area contributed by atoms with Gasteiger partial charge in [-0.3, -0.25) is 9.88 Å². The molecule has 5 rings (SSSR count). The molecule has 10 heteroatoms. The SMILES string of the molecule is Cc1cc(-c2noc3c(C4(S(C)(=N)=O)CC4)cc(N4CCOC[C@H]4C)nc23)[nH]n1. The fourth-order valence-corrected chi connectivity index (χ4v) is 5.61. The number of nitrogens with one attached hydrogen (secondary N) is 2. The number of ether oxygens (including phenoxy) is 1. The molecule has 0 aromatic carbocycles. The van der Waals surface area contributed by atoms with E-state index < -0.39 is 14.5 Å². The minimum absolute atomic E-state index is 0.163. The van der Waals surface area contributed by atoms with Gasteiger partial charge in [0.05, 0.1) is 45.1 Å². The van der Waals surface area contributed by atoms with E-state index >= 15 is 0 Å². The van der Waals surface area contributed by atoms with Gasteiger partial charge in [0.25, 0.3) is 0 Å². The Kier molecular flexibility index (Phi) is 4.01. The van der Waals surface area contributed by atoms with E-state index in [9.17, 15) is 4.21 Å². The predicted molar refractivity (Wildman–Crippen MR) is 109 cm³/mol. The number of aromatic nitrogens is 4. The number of fused-ring (bicyclic) bond motifs is 1. The molecule has 1 aliphatic heterocycles. The van der Waals surface area contributed by atoms with Crippen molar-refractivity contribution in [2.24, 2.45) is 0 Å². The number of hydrogen-bond acceptors (Lipinski definition) is 8. The molecule has 1 saturated carbocycles. The van der Waals surface area contributed by atoms with E-state index in [1.165, 1.54) is 6.26 Å². The number of aromatic amines is 1. The summed E-state index contributed by atoms with van der Waals surface area (Å²) in [4.78, 5) is 7.08. The summed E-state index contributed by atoms with van der Waals surface area (Å²) in [5.74, 6) is 0.777. The van der Waals surface area contributed by atoms with E-state index in [4.69, 9.17) is 19.0 Å². The first-order chi connectivity index (χ1) is 13.8. The average Bonchev–Trinajstić information content (AvgIpc) is 3.23. The van der Waals surface area contributed by atoms with Crippen LogP contribution in [0, 0.1) is 11.7 Å². The second-order valence-electron chi connectivity index (χ2n) is 8.12. The highest BCUT2D eigenvalue weighted by atomic mass is 32.2. The Morgan fingerprint density at radius 3 is 2.79 bits per heavy atom. The normalized spacial score (nSPS) is 23.3. The number of H-pyrrole nitrogens is 1. The molecule has 4 heterocycles. The lowest BCUT2D eigenvalue weighted by Gasteiger charge is -2.34. The Morgan fingerprint density at radius 1 is 1.38 bits per heavy atom. The lowest BCUT2D eigenvalue weighted by molar-refractivity contribution is 0.0985. The van der Waals surface area contributed by atoms with Crippen LogP contribution in [0.5, 0.6) is 0 Å². The summed E-state index contributed by atoms with van der Waals surface area (Å²) < 4.78 is 31.8. The number of morpholine rings is 1. The summed E-state index contributed by atoms with van der Waals surface area (Å²) in [6, 6.07) is 4.00. The lowest BCUT2D eigenvalue weighted by Crippen LogP contribution is -2.44. The first-order valence-electron chi connectivity index (χ1n) is 9.71. The number of rotatable bonds is 4. The Hall–Kier alpha value is -2.46. The molecule has 2 N–H and O–H groups in total. The molecule has 0 bridgehead atoms. The number of nitrogens with zero attached hydrogens (tertiary/aromatic N) is 4. The third kappa shape index (κ3) is 2.84. The highest BCUT2D eigenvalue weighted by molar-refractivity contribution is 7.93. The van der Waals surface area contributed by atoms with Crippen molar-refractivity contribution in [1.82, 2.24) is 20.3 Å². The predicted octanol–water partition coefficient (Wildman–Crippen LogP) is 2.81. The zero-order valence-corrected chi connectivity index (χ0v) is 17.5. The van der Waals surface area contributed by atoms with Crippen molar-refractivity contribution in [2.45, 2.75) is 37.5 Å². The van der Waals surface area contributed by atoms with Crippen molar-refractivity contribution < 1.29 is 13.5 Å². The first kappa shape index (κ1) is 18.6. The zero-order chi connectivity index (χ0) is 20.4. The van der Waals surface area contributed by atoms with Gasteiger partial charge in [0.1, 0.15) is 11.3 Å². The van der Waals surface area contributed by atoms with Gasteiger partial charge in [0.2, 0.25) is 0 Å². The van der Waals surface area contributed by atoms with Gasteiger partial charge in [-0.15, -0.1) is 0 Å². The maximum absolute atomic E-state index is 12.9. The lowest BCUT2D eigenvalue weighted by atomic mass is 10.1. The van der Waals surface area contributed by atoms with Crippen LogP contribution in [0.15, 0.2) is 16.7 Å². The van der Waals surface area contributed by atoms with Crippen LogP contribution in [0.3, 0.4) is 0 Å². The fraction of sp³-hybridized carbons (Fsp3) is 0.526. The van der Waals surface area contributed by atoms with Crippen LogP contribution >= 0.6 is 0 Å². The van der Waals surface area contributed by atoms with Gasteiger partial charge in [0, 0.05) is 18.4 Å². The summed E-state index contributed by atoms with van der Waals surface area (Å²) >= 11 is 0. The molecule has 2 atom stereocenters. The van der Waals surface area contributed by atoms with Crippen LogP contribution in [-0.4, -0.2) is 56.6 Å². The van der Waals surface area contributed by atoms with Crippen LogP contribution in [0.25, 0.3) is 22.5 Å². The Balaban J connectivity index is 1.76. The van der Waals surface area contributed by atoms with Gasteiger partial charge in [-0.25, -0.2) is 9.19 Å². The minimum Gasteiger partial charge on any atom is -0.377 e. The summed E-state index contributed by atoms with van der Waals surface area (Å²) in [5, 5.41) is 11.4. The zero-order valence-electron chi connectivity index (χ0n) is 16.7. The molecule has 29 heavy (non-hydrogen) atoms. The number of aryl methyl sites for hydroxylation is 1. The molecule has 3 aromatic rings. The fourth-order valence-electron chi connectivity index (χ4n) is 4.16. The smallest absolute Gasteiger partial charge is 0.190 e. The van der Waals surface area contributed by atoms with Crippen molar-refractivity contribution in [3.05, 3.63) is 23.4 Å². The van der Waals surface area contributed by atoms with Crippen molar-refractivity contribution in [3.8, 4) is 11.4 Å². The molecule has 1 aliphatic carbocycles. The topological polar surface area (TPSA) is 121 Å². The Bertz CT molecular complexity index is 1190. The molecule has 154 valence electrons. The third-order valence-corrected chi connectivity index (χ3v) is 8.09. The molecule has 0 radical (unpaired) electrons. The van der Waals surface area contributed by atoms with E-state index in [2.05, 4.69) is 27.2 Å². The van der Waals surface area contributed by atoms with Gasteiger partial charge in [-0.2, -0.15) is 5.10 Å². The number of hydrogen-bond donors (Lipinski definition) is 2. The van der Waals surface area contributed by atoms with Crippen molar-refractivity contribution >= 4 is 26.6 Å². The molecule has 2 fully saturated rings. The highest BCUT2D eigenvalue weighted by Crippen LogP contribution is 2.55. The van der Waals surface area contributed by atoms with Crippen molar-refractivity contribution in [2.75, 3.05) is 30.9 Å². The first-order valence-corrected chi connectivity index (χ1v) is 11.7. The highest BCUT2D eigenvalue weighted by Gasteiger charge is 2.53. The molecule has 1 saturated heterocycles. The molecule has 2 aliphatic rings. The van der Waals surface area contributed by atoms with Gasteiger partial charge in [-0.05, 0) is 38.8 Å². The largest absolute Gasteiger partial charge is 0.377 e. The molecular formula is C19H24N6O3S. The maximum atomic E-state index is 12.9. The van der Waals surface area contributed by atoms with Crippen LogP contribution in [-0.2, 0) is 19.2 Å². The van der Waals surface area contributed by atoms with E-state index in [1.54, 1.807) is 0 Å². The van der Waals surface area contributed by atoms with Crippen LogP contribution in [0.4, 0.5) is 5.82 Å². The number of anilines is 1. The van der Waals surface area contributed by atoms with E-state index in [0.717, 1.165) is 29.3 Å². The molecule has 9 nitrogen and oxygen atoms in total. The second kappa shape index (κ2) is 6.27. The monoisotopic (exact) mass is 416 g/mol. The molecule has 1 unspecified atom stereocenters. The summed E-state index contributed by atoms with van der Waals surface area (Å²) in [5.41, 5.74) is 4.03. The van der Waals surface area contributed by atoms with Crippen LogP contribution in [0.1, 0.15) is 31.0 Å². The molecule has 3 aromatic heterocycles. The summed E-state index contributed by atoms with van der Waals surface area (Å²) in [6.45, 7) is 5.96. The third-order valence-electron chi connectivity index (χ3n) is 5.98. The van der Waals surface area contributed by atoms with Gasteiger partial charge >= 0.3 is 0 Å². The van der Waals surface area contributed by atoms with Crippen LogP contribution in [0.2, 0.25) is 0 Å². The van der Waals surface area contributed by atoms with E-state index in [-0.39, 0.29) is 6.04 Å². The van der Waals surface area contributed by atoms with E-state index in [1.807, 2.05) is 19.1 Å². The van der Waals surface area contributed by atoms with Gasteiger partial charge < -0.3 is 14.2 Å². The second-order valence-corrected chi connectivity index (χ2v) is 10.6. The van der Waals surface area contributed by atoms with E-state index in [0.29, 0.717) is 42.8 Å². The number of pyridine rings is 1. The van der Waals surface area contributed by atoms with Gasteiger partial charge in [0.15, 0.2) is 11.3 Å². The van der Waals surface area contributed by atoms with Crippen molar-refractivity contribution in [1.29, 1.82) is 4.78 Å². The Morgan fingerprint density at radius 2 is 2.17 bits per heavy atom. The quantitative estimate of drug-likeness (QED) is 0.671. The minimum atomic E-state index is -2.83. The summed E-state index contributed by atoms with van der Waals surface area (Å²) in [7, 11) is -2.83. The molecule has 0 amide bonds. The Labute approximate surface area is 168 Å². The molecule has 0 spiro atoms. The maximum Gasteiger partial charge on any atom is 0.190 e. The average molecular weight is 417 g/mol. The van der Waals surface area contributed by atoms with Crippen LogP contribution < -0.4 is 4.90 Å². The summed E-state index contributed by atoms with van der Waals surface area (Å²) in [6.07, 6.45) is 2.91. The standard InChI is InChI=1S/C19H24N6O3S/c1-11-8-14(23-22-11)16-17-18(28-24-16)13(19(4-5-19)29(3,20)26)9-15(21-17)25-6-7-27-10-12(25)2/h8-9,12,20H,4-7,10H2,1-3H3,(H,22,23)/t12-,29?/m1/s1. The van der Waals surface area contributed by atoms with Crippen molar-refractivity contribution in [3.63, 3.8) is 0 Å². The van der Waals surface area contributed by atoms with Gasteiger partial charge in [-0.1, -0.05) is 5.16 Å².